The Kier molecular flexibility index (Phi) is 3.17. The van der Waals surface area contributed by atoms with Crippen molar-refractivity contribution in [1.29, 1.82) is 0 Å². The monoisotopic (exact) mass is 301 g/mol. The molecule has 0 radical (unpaired) electrons. The first-order valence-electron chi connectivity index (χ1n) is 6.97. The molecule has 3 heterocycles. The van der Waals surface area contributed by atoms with Gasteiger partial charge in [0.1, 0.15) is 11.1 Å². The van der Waals surface area contributed by atoms with Gasteiger partial charge in [0, 0.05) is 6.61 Å². The van der Waals surface area contributed by atoms with Gasteiger partial charge in [0.05, 0.1) is 6.04 Å². The number of aromatic nitrogens is 4. The Hall–Kier alpha value is -1.83. The van der Waals surface area contributed by atoms with E-state index in [2.05, 4.69) is 15.3 Å². The standard InChI is InChI=1S/C14H15N5OS/c15-11(9-5-2-1-3-6-9)13-18-19-12(10-7-4-8-20-10)16-17-14(19)21-13/h1-3,5-6,10-11H,4,7-8,15H2. The van der Waals surface area contributed by atoms with Crippen LogP contribution < -0.4 is 5.73 Å². The Morgan fingerprint density at radius 3 is 2.90 bits per heavy atom. The summed E-state index contributed by atoms with van der Waals surface area (Å²) in [6.07, 6.45) is 2.03. The fraction of sp³-hybridized carbons (Fsp3) is 0.357. The van der Waals surface area contributed by atoms with Gasteiger partial charge in [0.15, 0.2) is 5.82 Å². The third-order valence-corrected chi connectivity index (χ3v) is 4.65. The van der Waals surface area contributed by atoms with Crippen molar-refractivity contribution in [2.24, 2.45) is 5.73 Å². The number of rotatable bonds is 3. The van der Waals surface area contributed by atoms with Crippen molar-refractivity contribution in [3.05, 3.63) is 46.7 Å². The molecule has 2 unspecified atom stereocenters. The van der Waals surface area contributed by atoms with Crippen LogP contribution in [-0.4, -0.2) is 26.4 Å². The van der Waals surface area contributed by atoms with E-state index in [1.165, 1.54) is 11.3 Å². The molecule has 6 nitrogen and oxygen atoms in total. The van der Waals surface area contributed by atoms with Crippen molar-refractivity contribution in [1.82, 2.24) is 19.8 Å². The van der Waals surface area contributed by atoms with Gasteiger partial charge in [0.2, 0.25) is 4.96 Å². The van der Waals surface area contributed by atoms with Crippen molar-refractivity contribution in [3.63, 3.8) is 0 Å². The average Bonchev–Trinajstić information content (AvgIpc) is 3.23. The summed E-state index contributed by atoms with van der Waals surface area (Å²) in [5, 5.41) is 13.8. The molecule has 108 valence electrons. The highest BCUT2D eigenvalue weighted by molar-refractivity contribution is 7.16. The van der Waals surface area contributed by atoms with Crippen LogP contribution in [-0.2, 0) is 4.74 Å². The van der Waals surface area contributed by atoms with Gasteiger partial charge < -0.3 is 10.5 Å². The molecule has 2 atom stereocenters. The average molecular weight is 301 g/mol. The van der Waals surface area contributed by atoms with Crippen LogP contribution in [0.1, 0.15) is 41.4 Å². The number of hydrogen-bond acceptors (Lipinski definition) is 6. The molecule has 2 N–H and O–H groups in total. The molecule has 0 spiro atoms. The third-order valence-electron chi connectivity index (χ3n) is 3.67. The van der Waals surface area contributed by atoms with E-state index in [4.69, 9.17) is 10.5 Å². The highest BCUT2D eigenvalue weighted by Gasteiger charge is 2.26. The fourth-order valence-corrected chi connectivity index (χ4v) is 3.43. The molecule has 1 aliphatic heterocycles. The molecule has 21 heavy (non-hydrogen) atoms. The molecule has 0 bridgehead atoms. The van der Waals surface area contributed by atoms with Crippen molar-refractivity contribution in [3.8, 4) is 0 Å². The zero-order chi connectivity index (χ0) is 14.2. The highest BCUT2D eigenvalue weighted by Crippen LogP contribution is 2.30. The van der Waals surface area contributed by atoms with Crippen LogP contribution >= 0.6 is 11.3 Å². The lowest BCUT2D eigenvalue weighted by molar-refractivity contribution is 0.103. The van der Waals surface area contributed by atoms with E-state index >= 15 is 0 Å². The molecule has 3 aromatic rings. The second-order valence-electron chi connectivity index (χ2n) is 5.08. The minimum absolute atomic E-state index is 0.00268. The zero-order valence-corrected chi connectivity index (χ0v) is 12.2. The van der Waals surface area contributed by atoms with Gasteiger partial charge in [0.25, 0.3) is 0 Å². The van der Waals surface area contributed by atoms with Crippen LogP contribution in [0.2, 0.25) is 0 Å². The topological polar surface area (TPSA) is 78.3 Å². The zero-order valence-electron chi connectivity index (χ0n) is 11.3. The quantitative estimate of drug-likeness (QED) is 0.801. The second-order valence-corrected chi connectivity index (χ2v) is 6.07. The number of fused-ring (bicyclic) bond motifs is 1. The van der Waals surface area contributed by atoms with Crippen molar-refractivity contribution in [2.45, 2.75) is 25.0 Å². The van der Waals surface area contributed by atoms with Crippen LogP contribution in [0.25, 0.3) is 4.96 Å². The van der Waals surface area contributed by atoms with E-state index in [0.29, 0.717) is 0 Å². The Morgan fingerprint density at radius 2 is 2.14 bits per heavy atom. The lowest BCUT2D eigenvalue weighted by Gasteiger charge is -2.08. The SMILES string of the molecule is NC(c1ccccc1)c1nn2c(C3CCCO3)nnc2s1. The minimum Gasteiger partial charge on any atom is -0.370 e. The Morgan fingerprint density at radius 1 is 1.29 bits per heavy atom. The van der Waals surface area contributed by atoms with E-state index in [-0.39, 0.29) is 12.1 Å². The molecule has 7 heteroatoms. The van der Waals surface area contributed by atoms with Crippen molar-refractivity contribution in [2.75, 3.05) is 6.61 Å². The highest BCUT2D eigenvalue weighted by atomic mass is 32.1. The molecule has 2 aromatic heterocycles. The largest absolute Gasteiger partial charge is 0.370 e. The van der Waals surface area contributed by atoms with Gasteiger partial charge in [-0.1, -0.05) is 41.7 Å². The van der Waals surface area contributed by atoms with Crippen LogP contribution in [0, 0.1) is 0 Å². The number of nitrogens with two attached hydrogens (primary N) is 1. The van der Waals surface area contributed by atoms with E-state index in [9.17, 15) is 0 Å². The second kappa shape index (κ2) is 5.18. The molecule has 1 aromatic carbocycles. The third kappa shape index (κ3) is 2.23. The lowest BCUT2D eigenvalue weighted by atomic mass is 10.1. The summed E-state index contributed by atoms with van der Waals surface area (Å²) < 4.78 is 7.45. The summed E-state index contributed by atoms with van der Waals surface area (Å²) in [6, 6.07) is 9.71. The van der Waals surface area contributed by atoms with E-state index in [1.807, 2.05) is 30.3 Å². The smallest absolute Gasteiger partial charge is 0.234 e. The number of ether oxygens (including phenoxy) is 1. The summed E-state index contributed by atoms with van der Waals surface area (Å²) in [5.41, 5.74) is 7.34. The first kappa shape index (κ1) is 12.9. The summed E-state index contributed by atoms with van der Waals surface area (Å²) in [5.74, 6) is 0.783. The van der Waals surface area contributed by atoms with Crippen LogP contribution in [0.4, 0.5) is 0 Å². The molecule has 0 saturated carbocycles. The van der Waals surface area contributed by atoms with Crippen molar-refractivity contribution < 1.29 is 4.74 Å². The van der Waals surface area contributed by atoms with Gasteiger partial charge in [-0.3, -0.25) is 0 Å². The molecule has 4 rings (SSSR count). The molecule has 0 amide bonds. The fourth-order valence-electron chi connectivity index (χ4n) is 2.56. The maximum Gasteiger partial charge on any atom is 0.234 e. The van der Waals surface area contributed by atoms with E-state index in [0.717, 1.165) is 40.8 Å². The van der Waals surface area contributed by atoms with Gasteiger partial charge in [-0.15, -0.1) is 10.2 Å². The lowest BCUT2D eigenvalue weighted by Crippen LogP contribution is -2.12. The normalized spacial score (nSPS) is 20.1. The van der Waals surface area contributed by atoms with E-state index in [1.54, 1.807) is 4.52 Å². The molecule has 1 aliphatic rings. The van der Waals surface area contributed by atoms with Crippen molar-refractivity contribution >= 4 is 16.3 Å². The van der Waals surface area contributed by atoms with Gasteiger partial charge in [-0.25, -0.2) is 0 Å². The van der Waals surface area contributed by atoms with Gasteiger partial charge >= 0.3 is 0 Å². The number of hydrogen-bond donors (Lipinski definition) is 1. The van der Waals surface area contributed by atoms with Crippen LogP contribution in [0.5, 0.6) is 0 Å². The molecular weight excluding hydrogens is 286 g/mol. The number of benzene rings is 1. The summed E-state index contributed by atoms with van der Waals surface area (Å²) in [7, 11) is 0. The predicted octanol–water partition coefficient (Wildman–Crippen LogP) is 2.09. The maximum atomic E-state index is 6.30. The summed E-state index contributed by atoms with van der Waals surface area (Å²) >= 11 is 1.48. The Labute approximate surface area is 125 Å². The molecule has 1 saturated heterocycles. The maximum absolute atomic E-state index is 6.30. The summed E-state index contributed by atoms with van der Waals surface area (Å²) in [6.45, 7) is 0.778. The van der Waals surface area contributed by atoms with E-state index < -0.39 is 0 Å². The molecular formula is C14H15N5OS. The first-order valence-corrected chi connectivity index (χ1v) is 7.79. The Balaban J connectivity index is 1.71. The number of nitrogens with zero attached hydrogens (tertiary/aromatic N) is 4. The first-order chi connectivity index (χ1) is 10.3. The van der Waals surface area contributed by atoms with Gasteiger partial charge in [-0.05, 0) is 18.4 Å². The molecule has 1 fully saturated rings. The van der Waals surface area contributed by atoms with Gasteiger partial charge in [-0.2, -0.15) is 9.61 Å². The van der Waals surface area contributed by atoms with Crippen LogP contribution in [0.15, 0.2) is 30.3 Å². The molecule has 0 aliphatic carbocycles. The summed E-state index contributed by atoms with van der Waals surface area (Å²) in [4.78, 5) is 0.766. The minimum atomic E-state index is -0.241. The van der Waals surface area contributed by atoms with Crippen LogP contribution in [0.3, 0.4) is 0 Å². The Bertz CT molecular complexity index is 747. The predicted molar refractivity (Wildman–Crippen MR) is 79.1 cm³/mol.